The summed E-state index contributed by atoms with van der Waals surface area (Å²) in [5.74, 6) is 0. The van der Waals surface area contributed by atoms with Gasteiger partial charge in [-0.1, -0.05) is 72.8 Å². The first-order valence-electron chi connectivity index (χ1n) is 8.39. The summed E-state index contributed by atoms with van der Waals surface area (Å²) in [5, 5.41) is 11.8. The molecule has 3 aromatic rings. The molecule has 0 aliphatic rings. The number of benzene rings is 3. The van der Waals surface area contributed by atoms with Crippen LogP contribution in [0.25, 0.3) is 24.3 Å². The minimum absolute atomic E-state index is 0.105. The Balaban J connectivity index is 2.09. The second kappa shape index (κ2) is 8.01. The zero-order valence-electron chi connectivity index (χ0n) is 14.6. The van der Waals surface area contributed by atoms with Crippen molar-refractivity contribution in [2.45, 2.75) is 0 Å². The van der Waals surface area contributed by atoms with Gasteiger partial charge >= 0.3 is 0 Å². The molecule has 5 heteroatoms. The van der Waals surface area contributed by atoms with E-state index in [9.17, 15) is 10.1 Å². The maximum Gasteiger partial charge on any atom is 0.287 e. The van der Waals surface area contributed by atoms with Gasteiger partial charge in [0.1, 0.15) is 0 Å². The molecule has 0 aliphatic heterocycles. The van der Waals surface area contributed by atoms with Crippen LogP contribution in [0.1, 0.15) is 22.3 Å². The van der Waals surface area contributed by atoms with Gasteiger partial charge in [0.2, 0.25) is 0 Å². The van der Waals surface area contributed by atoms with Crippen LogP contribution in [0.3, 0.4) is 0 Å². The van der Waals surface area contributed by atoms with Crippen LogP contribution in [0.4, 0.5) is 17.1 Å². The van der Waals surface area contributed by atoms with Crippen molar-refractivity contribution in [2.24, 2.45) is 0 Å². The molecule has 3 aromatic carbocycles. The van der Waals surface area contributed by atoms with E-state index in [1.165, 1.54) is 0 Å². The second-order valence-electron chi connectivity index (χ2n) is 5.98. The minimum Gasteiger partial charge on any atom is -0.398 e. The highest BCUT2D eigenvalue weighted by molar-refractivity contribution is 5.91. The molecule has 0 amide bonds. The predicted octanol–water partition coefficient (Wildman–Crippen LogP) is 5.10. The predicted molar refractivity (Wildman–Crippen MR) is 113 cm³/mol. The Bertz CT molecular complexity index is 937. The number of nitro benzene ring substituents is 1. The van der Waals surface area contributed by atoms with Crippen molar-refractivity contribution >= 4 is 41.4 Å². The fourth-order valence-corrected chi connectivity index (χ4v) is 2.78. The first-order chi connectivity index (χ1) is 13.1. The van der Waals surface area contributed by atoms with Gasteiger partial charge in [0.05, 0.1) is 16.1 Å². The number of nitrogen functional groups attached to an aromatic ring is 2. The van der Waals surface area contributed by atoms with Crippen LogP contribution in [0, 0.1) is 10.1 Å². The number of nitrogens with zero attached hydrogens (tertiary/aromatic N) is 1. The topological polar surface area (TPSA) is 95.2 Å². The van der Waals surface area contributed by atoms with Gasteiger partial charge in [0, 0.05) is 11.4 Å². The van der Waals surface area contributed by atoms with E-state index in [-0.39, 0.29) is 17.1 Å². The van der Waals surface area contributed by atoms with Crippen LogP contribution in [-0.2, 0) is 0 Å². The van der Waals surface area contributed by atoms with Crippen LogP contribution >= 0.6 is 0 Å². The van der Waals surface area contributed by atoms with Crippen molar-refractivity contribution in [3.63, 3.8) is 0 Å². The molecule has 0 spiro atoms. The Morgan fingerprint density at radius 3 is 1.48 bits per heavy atom. The number of nitro groups is 1. The highest BCUT2D eigenvalue weighted by Gasteiger charge is 2.22. The molecule has 0 fully saturated rings. The first kappa shape index (κ1) is 17.9. The van der Waals surface area contributed by atoms with Gasteiger partial charge in [-0.3, -0.25) is 10.1 Å². The van der Waals surface area contributed by atoms with Gasteiger partial charge in [0.15, 0.2) is 0 Å². The van der Waals surface area contributed by atoms with E-state index in [1.54, 1.807) is 30.4 Å². The summed E-state index contributed by atoms with van der Waals surface area (Å²) in [6.07, 6.45) is 6.89. The quantitative estimate of drug-likeness (QED) is 0.287. The third kappa shape index (κ3) is 4.22. The maximum atomic E-state index is 11.8. The molecule has 0 saturated carbocycles. The number of rotatable bonds is 5. The molecule has 0 atom stereocenters. The SMILES string of the molecule is Nc1cc(N)c(/C=C/c2ccccc2)c([N+](=O)[O-])c1/C=C/c1ccccc1. The molecule has 0 radical (unpaired) electrons. The highest BCUT2D eigenvalue weighted by Crippen LogP contribution is 2.36. The summed E-state index contributed by atoms with van der Waals surface area (Å²) < 4.78 is 0. The normalized spacial score (nSPS) is 11.3. The Morgan fingerprint density at radius 2 is 1.11 bits per heavy atom. The monoisotopic (exact) mass is 357 g/mol. The average molecular weight is 357 g/mol. The molecule has 134 valence electrons. The Morgan fingerprint density at radius 1 is 0.704 bits per heavy atom. The molecule has 27 heavy (non-hydrogen) atoms. The van der Waals surface area contributed by atoms with E-state index in [0.717, 1.165) is 11.1 Å². The van der Waals surface area contributed by atoms with Crippen molar-refractivity contribution in [1.82, 2.24) is 0 Å². The van der Waals surface area contributed by atoms with Crippen LogP contribution in [-0.4, -0.2) is 4.92 Å². The zero-order chi connectivity index (χ0) is 19.2. The molecular weight excluding hydrogens is 338 g/mol. The summed E-state index contributed by atoms with van der Waals surface area (Å²) in [4.78, 5) is 11.4. The van der Waals surface area contributed by atoms with Gasteiger partial charge in [0.25, 0.3) is 5.69 Å². The molecular formula is C22H19N3O2. The zero-order valence-corrected chi connectivity index (χ0v) is 14.6. The van der Waals surface area contributed by atoms with Crippen molar-refractivity contribution < 1.29 is 4.92 Å². The third-order valence-corrected chi connectivity index (χ3v) is 4.11. The molecule has 0 unspecified atom stereocenters. The summed E-state index contributed by atoms with van der Waals surface area (Å²) >= 11 is 0. The van der Waals surface area contributed by atoms with Crippen LogP contribution in [0.15, 0.2) is 66.7 Å². The van der Waals surface area contributed by atoms with E-state index in [4.69, 9.17) is 11.5 Å². The molecule has 5 nitrogen and oxygen atoms in total. The Labute approximate surface area is 157 Å². The van der Waals surface area contributed by atoms with Gasteiger partial charge in [-0.15, -0.1) is 0 Å². The van der Waals surface area contributed by atoms with E-state index < -0.39 is 4.92 Å². The van der Waals surface area contributed by atoms with Crippen molar-refractivity contribution in [1.29, 1.82) is 0 Å². The lowest BCUT2D eigenvalue weighted by atomic mass is 10.0. The summed E-state index contributed by atoms with van der Waals surface area (Å²) in [5.41, 5.74) is 15.0. The molecule has 0 aromatic heterocycles. The van der Waals surface area contributed by atoms with Crippen LogP contribution < -0.4 is 11.5 Å². The lowest BCUT2D eigenvalue weighted by molar-refractivity contribution is -0.385. The van der Waals surface area contributed by atoms with Crippen LogP contribution in [0.5, 0.6) is 0 Å². The largest absolute Gasteiger partial charge is 0.398 e. The molecule has 0 bridgehead atoms. The van der Waals surface area contributed by atoms with Gasteiger partial charge < -0.3 is 11.5 Å². The maximum absolute atomic E-state index is 11.8. The molecule has 0 saturated heterocycles. The van der Waals surface area contributed by atoms with E-state index in [0.29, 0.717) is 11.1 Å². The fourth-order valence-electron chi connectivity index (χ4n) is 2.78. The summed E-state index contributed by atoms with van der Waals surface area (Å²) in [6, 6.07) is 20.6. The summed E-state index contributed by atoms with van der Waals surface area (Å²) in [6.45, 7) is 0. The fraction of sp³-hybridized carbons (Fsp3) is 0. The molecule has 4 N–H and O–H groups in total. The average Bonchev–Trinajstić information content (AvgIpc) is 2.67. The van der Waals surface area contributed by atoms with Gasteiger partial charge in [-0.2, -0.15) is 0 Å². The van der Waals surface area contributed by atoms with E-state index >= 15 is 0 Å². The van der Waals surface area contributed by atoms with Crippen molar-refractivity contribution in [3.05, 3.63) is 99.1 Å². The minimum atomic E-state index is -0.442. The van der Waals surface area contributed by atoms with Crippen LogP contribution in [0.2, 0.25) is 0 Å². The van der Waals surface area contributed by atoms with Crippen molar-refractivity contribution in [3.8, 4) is 0 Å². The molecule has 0 aliphatic carbocycles. The molecule has 0 heterocycles. The van der Waals surface area contributed by atoms with E-state index in [1.807, 2.05) is 60.7 Å². The third-order valence-electron chi connectivity index (χ3n) is 4.11. The number of anilines is 2. The summed E-state index contributed by atoms with van der Waals surface area (Å²) in [7, 11) is 0. The number of hydrogen-bond donors (Lipinski definition) is 2. The Kier molecular flexibility index (Phi) is 5.33. The van der Waals surface area contributed by atoms with Gasteiger partial charge in [-0.25, -0.2) is 0 Å². The van der Waals surface area contributed by atoms with Crippen molar-refractivity contribution in [2.75, 3.05) is 11.5 Å². The second-order valence-corrected chi connectivity index (χ2v) is 5.98. The standard InChI is InChI=1S/C22H19N3O2/c23-20-15-21(24)19(14-12-17-9-5-2-6-10-17)22(25(26)27)18(20)13-11-16-7-3-1-4-8-16/h1-15H,23-24H2/b13-11+,14-12+. The van der Waals surface area contributed by atoms with E-state index in [2.05, 4.69) is 0 Å². The lowest BCUT2D eigenvalue weighted by Gasteiger charge is -2.09. The number of hydrogen-bond acceptors (Lipinski definition) is 4. The highest BCUT2D eigenvalue weighted by atomic mass is 16.6. The van der Waals surface area contributed by atoms with Gasteiger partial charge in [-0.05, 0) is 29.3 Å². The smallest absolute Gasteiger partial charge is 0.287 e. The first-order valence-corrected chi connectivity index (χ1v) is 8.39. The number of nitrogens with two attached hydrogens (primary N) is 2. The Hall–Kier alpha value is -3.86. The lowest BCUT2D eigenvalue weighted by Crippen LogP contribution is -2.03. The molecule has 3 rings (SSSR count).